The first kappa shape index (κ1) is 21.7. The predicted molar refractivity (Wildman–Crippen MR) is 102 cm³/mol. The van der Waals surface area contributed by atoms with Crippen LogP contribution in [0, 0.1) is 6.92 Å². The third kappa shape index (κ3) is 6.54. The van der Waals surface area contributed by atoms with Crippen LogP contribution in [0.15, 0.2) is 42.5 Å². The lowest BCUT2D eigenvalue weighted by molar-refractivity contribution is -0.137. The molecular formula is C19H19ClF3N3O2. The molecule has 28 heavy (non-hydrogen) atoms. The number of carbonyl (C=O) groups excluding carboxylic acids is 2. The first-order valence-corrected chi connectivity index (χ1v) is 8.64. The Morgan fingerprint density at radius 2 is 1.57 bits per heavy atom. The highest BCUT2D eigenvalue weighted by molar-refractivity contribution is 6.33. The molecule has 2 aromatic rings. The van der Waals surface area contributed by atoms with Gasteiger partial charge in [0, 0.05) is 5.69 Å². The van der Waals surface area contributed by atoms with Gasteiger partial charge in [0.15, 0.2) is 0 Å². The average Bonchev–Trinajstić information content (AvgIpc) is 2.57. The summed E-state index contributed by atoms with van der Waals surface area (Å²) in [6.07, 6.45) is -4.55. The van der Waals surface area contributed by atoms with Crippen LogP contribution in [0.5, 0.6) is 0 Å². The van der Waals surface area contributed by atoms with E-state index in [1.807, 2.05) is 19.1 Å². The van der Waals surface area contributed by atoms with Gasteiger partial charge >= 0.3 is 6.18 Å². The molecule has 0 radical (unpaired) electrons. The Morgan fingerprint density at radius 1 is 1.00 bits per heavy atom. The van der Waals surface area contributed by atoms with Crippen LogP contribution in [0.2, 0.25) is 5.02 Å². The quantitative estimate of drug-likeness (QED) is 0.747. The van der Waals surface area contributed by atoms with Crippen molar-refractivity contribution in [3.8, 4) is 0 Å². The van der Waals surface area contributed by atoms with E-state index < -0.39 is 17.6 Å². The average molecular weight is 414 g/mol. The van der Waals surface area contributed by atoms with E-state index in [1.54, 1.807) is 19.2 Å². The zero-order valence-electron chi connectivity index (χ0n) is 15.2. The Balaban J connectivity index is 1.90. The number of likely N-dealkylation sites (N-methyl/N-ethyl adjacent to an activating group) is 1. The number of carbonyl (C=O) groups is 2. The number of rotatable bonds is 6. The molecule has 0 unspecified atom stereocenters. The summed E-state index contributed by atoms with van der Waals surface area (Å²) in [5.74, 6) is -0.914. The number of benzene rings is 2. The number of anilines is 2. The minimum atomic E-state index is -4.55. The molecule has 0 fully saturated rings. The second kappa shape index (κ2) is 9.07. The fourth-order valence-electron chi connectivity index (χ4n) is 2.37. The number of aryl methyl sites for hydroxylation is 1. The molecule has 0 aliphatic carbocycles. The molecule has 0 heterocycles. The summed E-state index contributed by atoms with van der Waals surface area (Å²) in [5.41, 5.74) is 0.626. The van der Waals surface area contributed by atoms with Crippen molar-refractivity contribution in [2.45, 2.75) is 13.1 Å². The minimum absolute atomic E-state index is 0.0129. The van der Waals surface area contributed by atoms with Crippen molar-refractivity contribution in [3.05, 3.63) is 58.6 Å². The summed E-state index contributed by atoms with van der Waals surface area (Å²) in [4.78, 5) is 25.5. The number of nitrogens with zero attached hydrogens (tertiary/aromatic N) is 1. The van der Waals surface area contributed by atoms with Crippen molar-refractivity contribution in [1.82, 2.24) is 4.90 Å². The maximum atomic E-state index is 12.8. The summed E-state index contributed by atoms with van der Waals surface area (Å²) < 4.78 is 38.3. The summed E-state index contributed by atoms with van der Waals surface area (Å²) in [7, 11) is 1.54. The molecule has 0 saturated heterocycles. The Kier molecular flexibility index (Phi) is 7.04. The van der Waals surface area contributed by atoms with Gasteiger partial charge in [-0.2, -0.15) is 13.2 Å². The first-order valence-electron chi connectivity index (χ1n) is 8.26. The largest absolute Gasteiger partial charge is 0.416 e. The monoisotopic (exact) mass is 413 g/mol. The van der Waals surface area contributed by atoms with E-state index in [2.05, 4.69) is 10.6 Å². The first-order chi connectivity index (χ1) is 13.0. The summed E-state index contributed by atoms with van der Waals surface area (Å²) in [5, 5.41) is 5.02. The summed E-state index contributed by atoms with van der Waals surface area (Å²) in [6.45, 7) is 1.65. The molecule has 2 rings (SSSR count). The lowest BCUT2D eigenvalue weighted by atomic mass is 10.2. The van der Waals surface area contributed by atoms with Crippen LogP contribution in [0.1, 0.15) is 11.1 Å². The van der Waals surface area contributed by atoms with E-state index in [0.717, 1.165) is 23.8 Å². The standard InChI is InChI=1S/C19H19ClF3N3O2/c1-12-3-6-14(7-4-12)24-17(27)10-26(2)11-18(28)25-16-9-13(19(21,22)23)5-8-15(16)20/h3-9H,10-11H2,1-2H3,(H,24,27)(H,25,28). The van der Waals surface area contributed by atoms with Gasteiger partial charge in [0.2, 0.25) is 11.8 Å². The number of halogens is 4. The van der Waals surface area contributed by atoms with Gasteiger partial charge in [0.25, 0.3) is 0 Å². The maximum absolute atomic E-state index is 12.8. The van der Waals surface area contributed by atoms with E-state index in [-0.39, 0.29) is 29.7 Å². The smallest absolute Gasteiger partial charge is 0.325 e. The highest BCUT2D eigenvalue weighted by Crippen LogP contribution is 2.33. The van der Waals surface area contributed by atoms with E-state index in [0.29, 0.717) is 5.69 Å². The summed E-state index contributed by atoms with van der Waals surface area (Å²) >= 11 is 5.85. The maximum Gasteiger partial charge on any atom is 0.416 e. The molecule has 150 valence electrons. The van der Waals surface area contributed by atoms with Gasteiger partial charge in [-0.05, 0) is 44.3 Å². The number of nitrogens with one attached hydrogen (secondary N) is 2. The number of hydrogen-bond acceptors (Lipinski definition) is 3. The predicted octanol–water partition coefficient (Wildman–Crippen LogP) is 4.18. The third-order valence-corrected chi connectivity index (χ3v) is 4.06. The minimum Gasteiger partial charge on any atom is -0.325 e. The topological polar surface area (TPSA) is 61.4 Å². The highest BCUT2D eigenvalue weighted by atomic mass is 35.5. The molecule has 0 atom stereocenters. The number of amides is 2. The zero-order valence-corrected chi connectivity index (χ0v) is 16.0. The lowest BCUT2D eigenvalue weighted by Crippen LogP contribution is -2.36. The van der Waals surface area contributed by atoms with Crippen LogP contribution in [0.3, 0.4) is 0 Å². The highest BCUT2D eigenvalue weighted by Gasteiger charge is 2.31. The van der Waals surface area contributed by atoms with Crippen LogP contribution in [0.25, 0.3) is 0 Å². The van der Waals surface area contributed by atoms with Gasteiger partial charge in [0.1, 0.15) is 0 Å². The molecule has 0 aliphatic heterocycles. The van der Waals surface area contributed by atoms with Crippen molar-refractivity contribution in [1.29, 1.82) is 0 Å². The molecule has 2 N–H and O–H groups in total. The zero-order chi connectivity index (χ0) is 20.9. The van der Waals surface area contributed by atoms with Crippen LogP contribution in [-0.2, 0) is 15.8 Å². The Hall–Kier alpha value is -2.58. The Labute approximate surface area is 165 Å². The molecule has 0 spiro atoms. The molecule has 5 nitrogen and oxygen atoms in total. The van der Waals surface area contributed by atoms with E-state index >= 15 is 0 Å². The molecule has 9 heteroatoms. The second-order valence-electron chi connectivity index (χ2n) is 6.33. The van der Waals surface area contributed by atoms with Crippen LogP contribution in [0.4, 0.5) is 24.5 Å². The van der Waals surface area contributed by atoms with Crippen molar-refractivity contribution in [2.75, 3.05) is 30.8 Å². The van der Waals surface area contributed by atoms with Crippen molar-refractivity contribution in [3.63, 3.8) is 0 Å². The molecule has 0 bridgehead atoms. The Morgan fingerprint density at radius 3 is 2.14 bits per heavy atom. The fraction of sp³-hybridized carbons (Fsp3) is 0.263. The van der Waals surface area contributed by atoms with Crippen LogP contribution in [-0.4, -0.2) is 36.9 Å². The Bertz CT molecular complexity index is 854. The third-order valence-electron chi connectivity index (χ3n) is 3.73. The van der Waals surface area contributed by atoms with E-state index in [1.165, 1.54) is 4.90 Å². The molecule has 0 aromatic heterocycles. The van der Waals surface area contributed by atoms with Crippen molar-refractivity contribution in [2.24, 2.45) is 0 Å². The molecule has 0 aliphatic rings. The molecule has 2 aromatic carbocycles. The fourth-order valence-corrected chi connectivity index (χ4v) is 2.54. The van der Waals surface area contributed by atoms with Gasteiger partial charge in [-0.25, -0.2) is 0 Å². The number of alkyl halides is 3. The lowest BCUT2D eigenvalue weighted by Gasteiger charge is -2.17. The van der Waals surface area contributed by atoms with Gasteiger partial charge in [-0.1, -0.05) is 29.3 Å². The van der Waals surface area contributed by atoms with Gasteiger partial charge in [-0.3, -0.25) is 14.5 Å². The second-order valence-corrected chi connectivity index (χ2v) is 6.73. The van der Waals surface area contributed by atoms with Crippen LogP contribution < -0.4 is 10.6 Å². The molecule has 2 amide bonds. The van der Waals surface area contributed by atoms with Crippen LogP contribution >= 0.6 is 11.6 Å². The van der Waals surface area contributed by atoms with Gasteiger partial charge in [-0.15, -0.1) is 0 Å². The van der Waals surface area contributed by atoms with E-state index in [9.17, 15) is 22.8 Å². The molecular weight excluding hydrogens is 395 g/mol. The van der Waals surface area contributed by atoms with Crippen molar-refractivity contribution < 1.29 is 22.8 Å². The van der Waals surface area contributed by atoms with Crippen molar-refractivity contribution >= 4 is 34.8 Å². The van der Waals surface area contributed by atoms with E-state index in [4.69, 9.17) is 11.6 Å². The summed E-state index contributed by atoms with van der Waals surface area (Å²) in [6, 6.07) is 9.89. The molecule has 0 saturated carbocycles. The number of hydrogen-bond donors (Lipinski definition) is 2. The SMILES string of the molecule is Cc1ccc(NC(=O)CN(C)CC(=O)Nc2cc(C(F)(F)F)ccc2Cl)cc1. The van der Waals surface area contributed by atoms with Gasteiger partial charge < -0.3 is 10.6 Å². The normalized spacial score (nSPS) is 11.4. The van der Waals surface area contributed by atoms with Gasteiger partial charge in [0.05, 0.1) is 29.4 Å².